The number of allylic oxidation sites excluding steroid dienone is 4. The fourth-order valence-electron chi connectivity index (χ4n) is 5.17. The molecule has 0 fully saturated rings. The van der Waals surface area contributed by atoms with Crippen LogP contribution in [0.2, 0.25) is 0 Å². The van der Waals surface area contributed by atoms with Gasteiger partial charge in [0.25, 0.3) is 0 Å². The van der Waals surface area contributed by atoms with E-state index >= 15 is 0 Å². The van der Waals surface area contributed by atoms with E-state index in [4.69, 9.17) is 9.47 Å². The zero-order valence-corrected chi connectivity index (χ0v) is 28.5. The number of hydrogen-bond donors (Lipinski definition) is 1. The zero-order valence-electron chi connectivity index (χ0n) is 28.5. The molecule has 0 aliphatic rings. The van der Waals surface area contributed by atoms with E-state index in [0.29, 0.717) is 12.8 Å². The molecule has 0 heterocycles. The van der Waals surface area contributed by atoms with Crippen LogP contribution in [0.15, 0.2) is 24.3 Å². The van der Waals surface area contributed by atoms with Gasteiger partial charge in [0, 0.05) is 12.8 Å². The van der Waals surface area contributed by atoms with Crippen molar-refractivity contribution in [2.24, 2.45) is 0 Å². The second-order valence-electron chi connectivity index (χ2n) is 12.3. The van der Waals surface area contributed by atoms with Crippen molar-refractivity contribution in [1.82, 2.24) is 0 Å². The molecule has 5 heteroatoms. The molecule has 1 atom stereocenters. The summed E-state index contributed by atoms with van der Waals surface area (Å²) in [6, 6.07) is 0. The maximum absolute atomic E-state index is 12.1. The minimum atomic E-state index is -0.769. The van der Waals surface area contributed by atoms with Crippen LogP contribution in [0.25, 0.3) is 0 Å². The molecule has 0 radical (unpaired) electrons. The largest absolute Gasteiger partial charge is 0.462 e. The minimum Gasteiger partial charge on any atom is -0.462 e. The van der Waals surface area contributed by atoms with E-state index in [1.165, 1.54) is 109 Å². The molecule has 43 heavy (non-hydrogen) atoms. The molecule has 0 amide bonds. The third-order valence-corrected chi connectivity index (χ3v) is 8.00. The quantitative estimate of drug-likeness (QED) is 0.0457. The van der Waals surface area contributed by atoms with Crippen molar-refractivity contribution in [3.8, 4) is 0 Å². The summed E-state index contributed by atoms with van der Waals surface area (Å²) >= 11 is 0. The van der Waals surface area contributed by atoms with Crippen molar-refractivity contribution in [3.63, 3.8) is 0 Å². The molecule has 5 nitrogen and oxygen atoms in total. The van der Waals surface area contributed by atoms with Crippen LogP contribution in [-0.4, -0.2) is 36.4 Å². The van der Waals surface area contributed by atoms with Gasteiger partial charge in [0.05, 0.1) is 6.61 Å². The SMILES string of the molecule is CCCCCC=CCC=CCCCCCCCCCC(=O)O[C@@H](CO)COC(=O)CCCCCCCCCCCCCC. The first-order valence-electron chi connectivity index (χ1n) is 18.4. The Morgan fingerprint density at radius 2 is 0.930 bits per heavy atom. The maximum atomic E-state index is 12.1. The predicted octanol–water partition coefficient (Wildman–Crippen LogP) is 11.1. The van der Waals surface area contributed by atoms with Crippen molar-refractivity contribution in [3.05, 3.63) is 24.3 Å². The van der Waals surface area contributed by atoms with Crippen molar-refractivity contribution >= 4 is 11.9 Å². The summed E-state index contributed by atoms with van der Waals surface area (Å²) in [6.45, 7) is 4.10. The first kappa shape index (κ1) is 41.4. The summed E-state index contributed by atoms with van der Waals surface area (Å²) in [7, 11) is 0. The number of esters is 2. The number of aliphatic hydroxyl groups excluding tert-OH is 1. The molecule has 0 aromatic carbocycles. The summed E-state index contributed by atoms with van der Waals surface area (Å²) in [6.07, 6.45) is 39.4. The van der Waals surface area contributed by atoms with E-state index in [9.17, 15) is 14.7 Å². The average Bonchev–Trinajstić information content (AvgIpc) is 3.01. The summed E-state index contributed by atoms with van der Waals surface area (Å²) < 4.78 is 10.6. The number of carbonyl (C=O) groups excluding carboxylic acids is 2. The van der Waals surface area contributed by atoms with Gasteiger partial charge in [-0.3, -0.25) is 9.59 Å². The van der Waals surface area contributed by atoms with Crippen LogP contribution in [0.1, 0.15) is 187 Å². The Balaban J connectivity index is 3.57. The van der Waals surface area contributed by atoms with Crippen molar-refractivity contribution in [1.29, 1.82) is 0 Å². The molecule has 1 N–H and O–H groups in total. The van der Waals surface area contributed by atoms with Crippen LogP contribution >= 0.6 is 0 Å². The second-order valence-corrected chi connectivity index (χ2v) is 12.3. The molecule has 0 saturated carbocycles. The molecular weight excluding hydrogens is 536 g/mol. The number of rotatable bonds is 33. The van der Waals surface area contributed by atoms with Gasteiger partial charge in [-0.25, -0.2) is 0 Å². The Morgan fingerprint density at radius 1 is 0.535 bits per heavy atom. The third-order valence-electron chi connectivity index (χ3n) is 8.00. The first-order chi connectivity index (χ1) is 21.1. The normalized spacial score (nSPS) is 12.3. The van der Waals surface area contributed by atoms with Crippen LogP contribution in [0.4, 0.5) is 0 Å². The number of unbranched alkanes of at least 4 members (excludes halogenated alkanes) is 21. The maximum Gasteiger partial charge on any atom is 0.306 e. The third kappa shape index (κ3) is 33.1. The lowest BCUT2D eigenvalue weighted by molar-refractivity contribution is -0.161. The molecule has 0 unspecified atom stereocenters. The van der Waals surface area contributed by atoms with Gasteiger partial charge in [-0.2, -0.15) is 0 Å². The van der Waals surface area contributed by atoms with Gasteiger partial charge < -0.3 is 14.6 Å². The summed E-state index contributed by atoms with van der Waals surface area (Å²) in [5.74, 6) is -0.596. The minimum absolute atomic E-state index is 0.0652. The monoisotopic (exact) mass is 607 g/mol. The fraction of sp³-hybridized carbons (Fsp3) is 0.842. The number of ether oxygens (including phenoxy) is 2. The van der Waals surface area contributed by atoms with Gasteiger partial charge in [0.2, 0.25) is 0 Å². The fourth-order valence-corrected chi connectivity index (χ4v) is 5.17. The number of hydrogen-bond acceptors (Lipinski definition) is 5. The Bertz CT molecular complexity index is 657. The lowest BCUT2D eigenvalue weighted by Crippen LogP contribution is -2.28. The van der Waals surface area contributed by atoms with Gasteiger partial charge in [0.1, 0.15) is 6.61 Å². The molecule has 0 aromatic heterocycles. The molecule has 0 aromatic rings. The van der Waals surface area contributed by atoms with Crippen LogP contribution in [0, 0.1) is 0 Å². The van der Waals surface area contributed by atoms with Crippen molar-refractivity contribution in [2.45, 2.75) is 193 Å². The lowest BCUT2D eigenvalue weighted by Gasteiger charge is -2.15. The highest BCUT2D eigenvalue weighted by molar-refractivity contribution is 5.70. The van der Waals surface area contributed by atoms with Crippen molar-refractivity contribution in [2.75, 3.05) is 13.2 Å². The molecule has 0 saturated heterocycles. The van der Waals surface area contributed by atoms with Crippen LogP contribution in [0.5, 0.6) is 0 Å². The van der Waals surface area contributed by atoms with E-state index in [0.717, 1.165) is 51.4 Å². The molecule has 0 bridgehead atoms. The molecule has 0 aliphatic heterocycles. The summed E-state index contributed by atoms with van der Waals surface area (Å²) in [5.41, 5.74) is 0. The van der Waals surface area contributed by atoms with Gasteiger partial charge in [0.15, 0.2) is 6.10 Å². The van der Waals surface area contributed by atoms with Crippen LogP contribution < -0.4 is 0 Å². The molecule has 0 spiro atoms. The Morgan fingerprint density at radius 3 is 1.42 bits per heavy atom. The van der Waals surface area contributed by atoms with E-state index in [1.807, 2.05) is 0 Å². The molecule has 0 aliphatic carbocycles. The topological polar surface area (TPSA) is 72.8 Å². The highest BCUT2D eigenvalue weighted by Crippen LogP contribution is 2.14. The van der Waals surface area contributed by atoms with E-state index in [2.05, 4.69) is 38.2 Å². The predicted molar refractivity (Wildman–Crippen MR) is 182 cm³/mol. The number of aliphatic hydroxyl groups is 1. The van der Waals surface area contributed by atoms with E-state index in [1.54, 1.807) is 0 Å². The van der Waals surface area contributed by atoms with Gasteiger partial charge in [-0.15, -0.1) is 0 Å². The first-order valence-corrected chi connectivity index (χ1v) is 18.4. The van der Waals surface area contributed by atoms with E-state index < -0.39 is 6.10 Å². The highest BCUT2D eigenvalue weighted by Gasteiger charge is 2.16. The summed E-state index contributed by atoms with van der Waals surface area (Å²) in [4.78, 5) is 24.2. The second kappa shape index (κ2) is 34.9. The average molecular weight is 607 g/mol. The van der Waals surface area contributed by atoms with Crippen LogP contribution in [0.3, 0.4) is 0 Å². The molecule has 252 valence electrons. The van der Waals surface area contributed by atoms with Crippen molar-refractivity contribution < 1.29 is 24.2 Å². The van der Waals surface area contributed by atoms with Crippen LogP contribution in [-0.2, 0) is 19.1 Å². The Hall–Kier alpha value is -1.62. The Kier molecular flexibility index (Phi) is 33.6. The lowest BCUT2D eigenvalue weighted by atomic mass is 10.0. The van der Waals surface area contributed by atoms with E-state index in [-0.39, 0.29) is 25.2 Å². The van der Waals surface area contributed by atoms with Gasteiger partial charge >= 0.3 is 11.9 Å². The molecule has 0 rings (SSSR count). The smallest absolute Gasteiger partial charge is 0.306 e. The zero-order chi connectivity index (χ0) is 31.5. The standard InChI is InChI=1S/C38H70O5/c1-3-5-7-9-11-13-15-17-18-19-20-21-23-25-27-29-31-33-38(41)43-36(34-39)35-42-37(40)32-30-28-26-24-22-16-14-12-10-8-6-4-2/h11,13,17-18,36,39H,3-10,12,14-16,19-35H2,1-2H3/t36-/m0/s1. The molecular formula is C38H70O5. The highest BCUT2D eigenvalue weighted by atomic mass is 16.6. The van der Waals surface area contributed by atoms with Gasteiger partial charge in [-0.05, 0) is 44.9 Å². The van der Waals surface area contributed by atoms with Gasteiger partial charge in [-0.1, -0.05) is 154 Å². The Labute approximate surface area is 266 Å². The summed E-state index contributed by atoms with van der Waals surface area (Å²) in [5, 5.41) is 9.52. The number of carbonyl (C=O) groups is 2.